The molecule has 1 amide bonds. The number of carbonyl (C=O) groups excluding carboxylic acids is 1. The summed E-state index contributed by atoms with van der Waals surface area (Å²) in [5.74, 6) is 0.366. The van der Waals surface area contributed by atoms with Gasteiger partial charge in [0, 0.05) is 19.2 Å². The highest BCUT2D eigenvalue weighted by atomic mass is 32.2. The van der Waals surface area contributed by atoms with Gasteiger partial charge in [-0.3, -0.25) is 9.00 Å². The summed E-state index contributed by atoms with van der Waals surface area (Å²) >= 11 is 0. The summed E-state index contributed by atoms with van der Waals surface area (Å²) in [6.45, 7) is 0.411. The number of ether oxygens (including phenoxy) is 1. The van der Waals surface area contributed by atoms with Crippen LogP contribution in [-0.2, 0) is 29.2 Å². The number of amides is 1. The van der Waals surface area contributed by atoms with Crippen LogP contribution in [0.25, 0.3) is 11.3 Å². The fraction of sp³-hybridized carbons (Fsp3) is 0.200. The van der Waals surface area contributed by atoms with Gasteiger partial charge in [-0.25, -0.2) is 4.98 Å². The number of nitrogens with one attached hydrogen (secondary N) is 1. The van der Waals surface area contributed by atoms with Gasteiger partial charge in [0.2, 0.25) is 5.91 Å². The lowest BCUT2D eigenvalue weighted by molar-refractivity contribution is -0.118. The molecule has 0 aliphatic heterocycles. The molecule has 3 rings (SSSR count). The predicted molar refractivity (Wildman–Crippen MR) is 105 cm³/mol. The molecule has 1 atom stereocenters. The molecule has 0 saturated heterocycles. The van der Waals surface area contributed by atoms with Gasteiger partial charge in [0.1, 0.15) is 11.5 Å². The van der Waals surface area contributed by atoms with Crippen molar-refractivity contribution in [3.8, 4) is 17.0 Å². The molecule has 0 saturated carbocycles. The molecular weight excluding hydrogens is 362 g/mol. The maximum atomic E-state index is 12.6. The van der Waals surface area contributed by atoms with Crippen LogP contribution in [0.2, 0.25) is 0 Å². The van der Waals surface area contributed by atoms with Gasteiger partial charge < -0.3 is 14.6 Å². The topological polar surface area (TPSA) is 73.2 Å². The minimum atomic E-state index is -1.53. The van der Waals surface area contributed by atoms with E-state index in [9.17, 15) is 9.00 Å². The van der Waals surface area contributed by atoms with E-state index in [0.717, 1.165) is 22.6 Å². The molecule has 0 radical (unpaired) electrons. The second kappa shape index (κ2) is 8.64. The van der Waals surface area contributed by atoms with Crippen LogP contribution < -0.4 is 10.1 Å². The summed E-state index contributed by atoms with van der Waals surface area (Å²) in [4.78, 5) is 16.4. The Balaban J connectivity index is 1.64. The lowest BCUT2D eigenvalue weighted by Gasteiger charge is -2.08. The van der Waals surface area contributed by atoms with Crippen molar-refractivity contribution < 1.29 is 13.7 Å². The van der Waals surface area contributed by atoms with E-state index >= 15 is 0 Å². The number of rotatable bonds is 7. The number of hydrogen-bond donors (Lipinski definition) is 1. The first-order valence-corrected chi connectivity index (χ1v) is 9.75. The van der Waals surface area contributed by atoms with Crippen molar-refractivity contribution in [2.45, 2.75) is 11.7 Å². The van der Waals surface area contributed by atoms with Crippen molar-refractivity contribution in [2.75, 3.05) is 12.9 Å². The molecular formula is C20H21N3O3S. The Morgan fingerprint density at radius 3 is 2.52 bits per heavy atom. The Hall–Kier alpha value is -2.93. The van der Waals surface area contributed by atoms with Gasteiger partial charge in [-0.15, -0.1) is 0 Å². The van der Waals surface area contributed by atoms with Crippen molar-refractivity contribution in [1.29, 1.82) is 0 Å². The summed E-state index contributed by atoms with van der Waals surface area (Å²) in [5.41, 5.74) is 2.75. The van der Waals surface area contributed by atoms with Crippen LogP contribution in [0.1, 0.15) is 5.56 Å². The first-order valence-electron chi connectivity index (χ1n) is 8.43. The van der Waals surface area contributed by atoms with Crippen LogP contribution >= 0.6 is 0 Å². The van der Waals surface area contributed by atoms with E-state index < -0.39 is 10.8 Å². The molecule has 1 aromatic heterocycles. The second-order valence-electron chi connectivity index (χ2n) is 5.97. The minimum absolute atomic E-state index is 0.125. The lowest BCUT2D eigenvalue weighted by Crippen LogP contribution is -2.28. The third-order valence-electron chi connectivity index (χ3n) is 4.13. The molecule has 0 bridgehead atoms. The van der Waals surface area contributed by atoms with Gasteiger partial charge in [0.15, 0.2) is 5.16 Å². The Morgan fingerprint density at radius 2 is 1.85 bits per heavy atom. The Kier molecular flexibility index (Phi) is 6.03. The van der Waals surface area contributed by atoms with Crippen LogP contribution in [0, 0.1) is 0 Å². The fourth-order valence-corrected chi connectivity index (χ4v) is 3.71. The normalized spacial score (nSPS) is 11.8. The van der Waals surface area contributed by atoms with E-state index in [2.05, 4.69) is 10.3 Å². The maximum absolute atomic E-state index is 12.6. The third-order valence-corrected chi connectivity index (χ3v) is 5.44. The Labute approximate surface area is 160 Å². The molecule has 0 aliphatic rings. The number of methoxy groups -OCH3 is 1. The molecule has 3 aromatic rings. The Bertz CT molecular complexity index is 937. The van der Waals surface area contributed by atoms with Crippen LogP contribution in [0.5, 0.6) is 5.75 Å². The highest BCUT2D eigenvalue weighted by molar-refractivity contribution is 7.85. The van der Waals surface area contributed by atoms with Crippen molar-refractivity contribution >= 4 is 16.7 Å². The molecule has 0 unspecified atom stereocenters. The van der Waals surface area contributed by atoms with E-state index in [4.69, 9.17) is 4.74 Å². The lowest BCUT2D eigenvalue weighted by atomic mass is 10.1. The van der Waals surface area contributed by atoms with E-state index in [0.29, 0.717) is 11.7 Å². The van der Waals surface area contributed by atoms with E-state index in [1.807, 2.05) is 54.6 Å². The van der Waals surface area contributed by atoms with Gasteiger partial charge in [-0.2, -0.15) is 0 Å². The number of imidazole rings is 1. The van der Waals surface area contributed by atoms with Gasteiger partial charge in [-0.05, 0) is 29.8 Å². The van der Waals surface area contributed by atoms with Gasteiger partial charge in [0.25, 0.3) is 0 Å². The SMILES string of the molecule is COc1ccc(-c2cnc([S@](=O)CC(=O)NCc3ccccc3)n2C)cc1. The highest BCUT2D eigenvalue weighted by Crippen LogP contribution is 2.23. The van der Waals surface area contributed by atoms with Crippen molar-refractivity contribution in [1.82, 2.24) is 14.9 Å². The summed E-state index contributed by atoms with van der Waals surface area (Å²) in [6.07, 6.45) is 1.66. The van der Waals surface area contributed by atoms with Crippen molar-refractivity contribution in [2.24, 2.45) is 7.05 Å². The van der Waals surface area contributed by atoms with Crippen LogP contribution in [0.3, 0.4) is 0 Å². The monoisotopic (exact) mass is 383 g/mol. The van der Waals surface area contributed by atoms with E-state index in [1.165, 1.54) is 0 Å². The first kappa shape index (κ1) is 18.8. The van der Waals surface area contributed by atoms with E-state index in [-0.39, 0.29) is 11.7 Å². The molecule has 27 heavy (non-hydrogen) atoms. The molecule has 0 fully saturated rings. The molecule has 2 aromatic carbocycles. The molecule has 6 nitrogen and oxygen atoms in total. The van der Waals surface area contributed by atoms with Crippen LogP contribution in [-0.4, -0.2) is 32.5 Å². The maximum Gasteiger partial charge on any atom is 0.233 e. The zero-order valence-corrected chi connectivity index (χ0v) is 16.0. The first-order chi connectivity index (χ1) is 13.1. The number of hydrogen-bond acceptors (Lipinski definition) is 4. The summed E-state index contributed by atoms with van der Waals surface area (Å²) in [5, 5.41) is 3.16. The number of carbonyl (C=O) groups is 1. The Morgan fingerprint density at radius 1 is 1.15 bits per heavy atom. The zero-order chi connectivity index (χ0) is 19.2. The number of aromatic nitrogens is 2. The van der Waals surface area contributed by atoms with Gasteiger partial charge in [0.05, 0.1) is 29.8 Å². The van der Waals surface area contributed by atoms with Crippen LogP contribution in [0.4, 0.5) is 0 Å². The zero-order valence-electron chi connectivity index (χ0n) is 15.2. The largest absolute Gasteiger partial charge is 0.497 e. The molecule has 0 spiro atoms. The van der Waals surface area contributed by atoms with Gasteiger partial charge in [-0.1, -0.05) is 30.3 Å². The molecule has 140 valence electrons. The summed E-state index contributed by atoms with van der Waals surface area (Å²) < 4.78 is 19.5. The molecule has 1 heterocycles. The van der Waals surface area contributed by atoms with E-state index in [1.54, 1.807) is 24.9 Å². The number of benzene rings is 2. The van der Waals surface area contributed by atoms with Crippen LogP contribution in [0.15, 0.2) is 66.0 Å². The average Bonchev–Trinajstić information content (AvgIpc) is 3.09. The average molecular weight is 383 g/mol. The smallest absolute Gasteiger partial charge is 0.233 e. The predicted octanol–water partition coefficient (Wildman–Crippen LogP) is 2.52. The molecule has 7 heteroatoms. The molecule has 0 aliphatic carbocycles. The third kappa shape index (κ3) is 4.62. The fourth-order valence-electron chi connectivity index (χ4n) is 2.67. The van der Waals surface area contributed by atoms with Crippen molar-refractivity contribution in [3.05, 3.63) is 66.4 Å². The highest BCUT2D eigenvalue weighted by Gasteiger charge is 2.17. The summed E-state index contributed by atoms with van der Waals surface area (Å²) in [7, 11) is 1.88. The second-order valence-corrected chi connectivity index (χ2v) is 7.31. The minimum Gasteiger partial charge on any atom is -0.497 e. The quantitative estimate of drug-likeness (QED) is 0.680. The number of nitrogens with zero attached hydrogens (tertiary/aromatic N) is 2. The molecule has 1 N–H and O–H groups in total. The van der Waals surface area contributed by atoms with Gasteiger partial charge >= 0.3 is 0 Å². The van der Waals surface area contributed by atoms with Crippen molar-refractivity contribution in [3.63, 3.8) is 0 Å². The summed E-state index contributed by atoms with van der Waals surface area (Å²) in [6, 6.07) is 17.1. The standard InChI is InChI=1S/C20H21N3O3S/c1-23-18(16-8-10-17(26-2)11-9-16)13-22-20(23)27(25)14-19(24)21-12-15-6-4-3-5-7-15/h3-11,13H,12,14H2,1-2H3,(H,21,24)/t27-/m1/s1.